The van der Waals surface area contributed by atoms with Gasteiger partial charge in [-0.15, -0.1) is 11.8 Å². The third-order valence-electron chi connectivity index (χ3n) is 3.27. The zero-order chi connectivity index (χ0) is 17.0. The fourth-order valence-corrected chi connectivity index (χ4v) is 2.85. The number of carbonyl (C=O) groups excluding carboxylic acids is 1. The van der Waals surface area contributed by atoms with Gasteiger partial charge in [0.15, 0.2) is 0 Å². The van der Waals surface area contributed by atoms with Crippen LogP contribution in [0.15, 0.2) is 65.6 Å². The van der Waals surface area contributed by atoms with E-state index in [4.69, 9.17) is 4.74 Å². The summed E-state index contributed by atoms with van der Waals surface area (Å²) in [4.78, 5) is 12.9. The van der Waals surface area contributed by atoms with E-state index in [9.17, 15) is 4.79 Å². The number of alkyl carbamates (subject to hydrolysis) is 1. The van der Waals surface area contributed by atoms with Gasteiger partial charge in [0.05, 0.1) is 0 Å². The maximum atomic E-state index is 11.6. The van der Waals surface area contributed by atoms with Gasteiger partial charge in [0.2, 0.25) is 0 Å². The summed E-state index contributed by atoms with van der Waals surface area (Å²) in [6, 6.07) is 18.1. The van der Waals surface area contributed by atoms with E-state index < -0.39 is 0 Å². The Morgan fingerprint density at radius 1 is 1.17 bits per heavy atom. The molecule has 126 valence electrons. The first-order valence-corrected chi connectivity index (χ1v) is 9.10. The Balaban J connectivity index is 1.65. The van der Waals surface area contributed by atoms with Gasteiger partial charge in [-0.3, -0.25) is 0 Å². The number of ether oxygens (including phenoxy) is 1. The summed E-state index contributed by atoms with van der Waals surface area (Å²) in [7, 11) is 0. The summed E-state index contributed by atoms with van der Waals surface area (Å²) >= 11 is 1.83. The molecule has 0 radical (unpaired) electrons. The lowest BCUT2D eigenvalue weighted by molar-refractivity contribution is 0.140. The number of carbonyl (C=O) groups is 1. The molecule has 0 aromatic heterocycles. The standard InChI is InChI=1S/C20H23NO2S/c1-2-24-19-13-8-12-17(15-19)9-6-7-14-21-20(22)23-16-18-10-4-3-5-11-18/h3-6,8-13,15H,2,7,14,16H2,1H3,(H,21,22). The predicted octanol–water partition coefficient (Wildman–Crippen LogP) is 5.13. The summed E-state index contributed by atoms with van der Waals surface area (Å²) < 4.78 is 5.16. The van der Waals surface area contributed by atoms with E-state index in [2.05, 4.69) is 48.7 Å². The molecule has 0 aliphatic rings. The molecule has 4 heteroatoms. The topological polar surface area (TPSA) is 38.3 Å². The van der Waals surface area contributed by atoms with Crippen molar-refractivity contribution in [1.82, 2.24) is 5.32 Å². The van der Waals surface area contributed by atoms with Gasteiger partial charge in [-0.1, -0.05) is 61.5 Å². The molecule has 0 unspecified atom stereocenters. The van der Waals surface area contributed by atoms with E-state index in [1.165, 1.54) is 10.5 Å². The fraction of sp³-hybridized carbons (Fsp3) is 0.250. The molecule has 0 heterocycles. The number of benzene rings is 2. The van der Waals surface area contributed by atoms with Crippen LogP contribution in [0.25, 0.3) is 6.08 Å². The average molecular weight is 341 g/mol. The fourth-order valence-electron chi connectivity index (χ4n) is 2.13. The quantitative estimate of drug-likeness (QED) is 0.534. The molecular weight excluding hydrogens is 318 g/mol. The van der Waals surface area contributed by atoms with Gasteiger partial charge in [0.1, 0.15) is 6.61 Å². The van der Waals surface area contributed by atoms with Crippen LogP contribution >= 0.6 is 11.8 Å². The average Bonchev–Trinajstić information content (AvgIpc) is 2.61. The molecule has 1 amide bonds. The Morgan fingerprint density at radius 2 is 2.00 bits per heavy atom. The third kappa shape index (κ3) is 6.92. The number of nitrogens with one attached hydrogen (secondary N) is 1. The van der Waals surface area contributed by atoms with E-state index >= 15 is 0 Å². The van der Waals surface area contributed by atoms with Gasteiger partial charge in [-0.25, -0.2) is 4.79 Å². The van der Waals surface area contributed by atoms with Crippen LogP contribution in [0.2, 0.25) is 0 Å². The number of rotatable bonds is 8. The van der Waals surface area contributed by atoms with Crippen molar-refractivity contribution >= 4 is 23.9 Å². The second-order valence-electron chi connectivity index (χ2n) is 5.19. The van der Waals surface area contributed by atoms with Gasteiger partial charge >= 0.3 is 6.09 Å². The summed E-state index contributed by atoms with van der Waals surface area (Å²) in [5.74, 6) is 1.07. The molecule has 0 aliphatic carbocycles. The zero-order valence-electron chi connectivity index (χ0n) is 13.9. The van der Waals surface area contributed by atoms with Crippen molar-refractivity contribution in [3.63, 3.8) is 0 Å². The van der Waals surface area contributed by atoms with Crippen LogP contribution in [0.3, 0.4) is 0 Å². The molecule has 0 bridgehead atoms. The van der Waals surface area contributed by atoms with E-state index in [1.807, 2.05) is 42.1 Å². The Bertz CT molecular complexity index is 656. The Hall–Kier alpha value is -2.20. The van der Waals surface area contributed by atoms with Crippen LogP contribution in [0.4, 0.5) is 4.79 Å². The molecule has 3 nitrogen and oxygen atoms in total. The van der Waals surface area contributed by atoms with Crippen molar-refractivity contribution in [3.05, 3.63) is 71.8 Å². The molecule has 0 aliphatic heterocycles. The Labute approximate surface area is 148 Å². The highest BCUT2D eigenvalue weighted by molar-refractivity contribution is 7.99. The highest BCUT2D eigenvalue weighted by Crippen LogP contribution is 2.19. The van der Waals surface area contributed by atoms with Gasteiger partial charge in [0.25, 0.3) is 0 Å². The third-order valence-corrected chi connectivity index (χ3v) is 4.15. The maximum absolute atomic E-state index is 11.6. The van der Waals surface area contributed by atoms with E-state index in [1.54, 1.807) is 0 Å². The lowest BCUT2D eigenvalue weighted by Gasteiger charge is -2.06. The molecule has 2 aromatic carbocycles. The van der Waals surface area contributed by atoms with Gasteiger partial charge in [-0.2, -0.15) is 0 Å². The molecule has 2 rings (SSSR count). The molecule has 24 heavy (non-hydrogen) atoms. The summed E-state index contributed by atoms with van der Waals surface area (Å²) in [5.41, 5.74) is 2.16. The monoisotopic (exact) mass is 341 g/mol. The number of hydrogen-bond donors (Lipinski definition) is 1. The first-order chi connectivity index (χ1) is 11.8. The number of thioether (sulfide) groups is 1. The van der Waals surface area contributed by atoms with Crippen LogP contribution in [0, 0.1) is 0 Å². The second kappa shape index (κ2) is 10.6. The SMILES string of the molecule is CCSc1cccc(C=CCCNC(=O)OCc2ccccc2)c1. The molecule has 2 aromatic rings. The van der Waals surface area contributed by atoms with Crippen molar-refractivity contribution in [2.75, 3.05) is 12.3 Å². The van der Waals surface area contributed by atoms with E-state index in [0.29, 0.717) is 13.2 Å². The normalized spacial score (nSPS) is 10.7. The Morgan fingerprint density at radius 3 is 2.79 bits per heavy atom. The second-order valence-corrected chi connectivity index (χ2v) is 6.52. The van der Waals surface area contributed by atoms with Crippen LogP contribution < -0.4 is 5.32 Å². The van der Waals surface area contributed by atoms with Crippen molar-refractivity contribution in [1.29, 1.82) is 0 Å². The van der Waals surface area contributed by atoms with Crippen LogP contribution in [0.1, 0.15) is 24.5 Å². The smallest absolute Gasteiger partial charge is 0.407 e. The van der Waals surface area contributed by atoms with Gasteiger partial charge < -0.3 is 10.1 Å². The molecule has 0 spiro atoms. The largest absolute Gasteiger partial charge is 0.445 e. The highest BCUT2D eigenvalue weighted by atomic mass is 32.2. The lowest BCUT2D eigenvalue weighted by atomic mass is 10.2. The first-order valence-electron chi connectivity index (χ1n) is 8.12. The van der Waals surface area contributed by atoms with Crippen molar-refractivity contribution < 1.29 is 9.53 Å². The summed E-state index contributed by atoms with van der Waals surface area (Å²) in [6.45, 7) is 3.01. The number of amides is 1. The predicted molar refractivity (Wildman–Crippen MR) is 101 cm³/mol. The first kappa shape index (κ1) is 18.1. The minimum Gasteiger partial charge on any atom is -0.445 e. The van der Waals surface area contributed by atoms with E-state index in [0.717, 1.165) is 17.7 Å². The lowest BCUT2D eigenvalue weighted by Crippen LogP contribution is -2.24. The van der Waals surface area contributed by atoms with E-state index in [-0.39, 0.29) is 6.09 Å². The minimum atomic E-state index is -0.381. The summed E-state index contributed by atoms with van der Waals surface area (Å²) in [5, 5.41) is 2.75. The van der Waals surface area contributed by atoms with Crippen molar-refractivity contribution in [2.45, 2.75) is 24.8 Å². The van der Waals surface area contributed by atoms with Crippen LogP contribution in [-0.2, 0) is 11.3 Å². The van der Waals surface area contributed by atoms with Crippen LogP contribution in [-0.4, -0.2) is 18.4 Å². The maximum Gasteiger partial charge on any atom is 0.407 e. The molecule has 1 N–H and O–H groups in total. The molecule has 0 fully saturated rings. The Kier molecular flexibility index (Phi) is 7.98. The van der Waals surface area contributed by atoms with Crippen LogP contribution in [0.5, 0.6) is 0 Å². The van der Waals surface area contributed by atoms with Gasteiger partial charge in [-0.05, 0) is 35.4 Å². The minimum absolute atomic E-state index is 0.296. The number of hydrogen-bond acceptors (Lipinski definition) is 3. The molecule has 0 atom stereocenters. The summed E-state index contributed by atoms with van der Waals surface area (Å²) in [6.07, 6.45) is 4.53. The molecular formula is C20H23NO2S. The molecule has 0 saturated heterocycles. The molecule has 0 saturated carbocycles. The van der Waals surface area contributed by atoms with Crippen molar-refractivity contribution in [3.8, 4) is 0 Å². The highest BCUT2D eigenvalue weighted by Gasteiger charge is 2.00. The van der Waals surface area contributed by atoms with Gasteiger partial charge in [0, 0.05) is 11.4 Å². The van der Waals surface area contributed by atoms with Crippen molar-refractivity contribution in [2.24, 2.45) is 0 Å². The zero-order valence-corrected chi connectivity index (χ0v) is 14.7.